The molecule has 0 radical (unpaired) electrons. The van der Waals surface area contributed by atoms with Gasteiger partial charge >= 0.3 is 0 Å². The lowest BCUT2D eigenvalue weighted by Crippen LogP contribution is -2.59. The van der Waals surface area contributed by atoms with Gasteiger partial charge in [-0.1, -0.05) is 18.2 Å². The molecule has 1 aliphatic carbocycles. The largest absolute Gasteiger partial charge is 0.394 e. The maximum atomic E-state index is 10.1. The normalized spacial score (nSPS) is 38.5. The second-order valence-electron chi connectivity index (χ2n) is 6.68. The summed E-state index contributed by atoms with van der Waals surface area (Å²) < 4.78 is 10.8. The molecule has 5 N–H and O–H groups in total. The average Bonchev–Trinajstić information content (AvgIpc) is 2.51. The number of aliphatic hydroxyl groups excluding tert-OH is 4. The highest BCUT2D eigenvalue weighted by Crippen LogP contribution is 2.29. The number of allylic oxidation sites excluding steroid dienone is 2. The molecule has 0 aromatic rings. The summed E-state index contributed by atoms with van der Waals surface area (Å²) in [6.45, 7) is 3.14. The van der Waals surface area contributed by atoms with Crippen LogP contribution in [0, 0.1) is 5.92 Å². The lowest BCUT2D eigenvalue weighted by molar-refractivity contribution is -0.299. The molecule has 2 rings (SSSR count). The highest BCUT2D eigenvalue weighted by molar-refractivity contribution is 5.22. The molecule has 0 unspecified atom stereocenters. The maximum absolute atomic E-state index is 10.1. The quantitative estimate of drug-likeness (QED) is 0.442. The summed E-state index contributed by atoms with van der Waals surface area (Å²) in [7, 11) is 0. The molecule has 2 aliphatic rings. The number of rotatable bonds is 5. The van der Waals surface area contributed by atoms with E-state index in [0.717, 1.165) is 5.57 Å². The third-order valence-electron chi connectivity index (χ3n) is 4.35. The lowest BCUT2D eigenvalue weighted by atomic mass is 9.83. The Morgan fingerprint density at radius 3 is 2.52 bits per heavy atom. The van der Waals surface area contributed by atoms with Gasteiger partial charge in [0, 0.05) is 5.92 Å². The van der Waals surface area contributed by atoms with Crippen LogP contribution in [0.4, 0.5) is 0 Å². The summed E-state index contributed by atoms with van der Waals surface area (Å²) in [5.41, 5.74) is 0.0654. The molecule has 0 bridgehead atoms. The summed E-state index contributed by atoms with van der Waals surface area (Å²) >= 11 is 0. The highest BCUT2D eigenvalue weighted by atomic mass is 16.7. The standard InChI is InChI=1S/C16H26O7/c1-16(2,21)10-5-3-4-9(6-10)8-22-15-14(20)13(19)12(18)11(7-17)23-15/h3-5,10-15,17-21H,6-8H2,1-2H3/t10-,11-,12-,13+,14-,15-/m1/s1. The minimum atomic E-state index is -1.45. The third kappa shape index (κ3) is 4.39. The molecule has 0 spiro atoms. The molecule has 1 saturated heterocycles. The van der Waals surface area contributed by atoms with Crippen LogP contribution in [0.25, 0.3) is 0 Å². The van der Waals surface area contributed by atoms with Gasteiger partial charge in [0.2, 0.25) is 0 Å². The van der Waals surface area contributed by atoms with Gasteiger partial charge < -0.3 is 35.0 Å². The first-order valence-corrected chi connectivity index (χ1v) is 7.74. The van der Waals surface area contributed by atoms with Crippen LogP contribution in [-0.4, -0.2) is 75.1 Å². The van der Waals surface area contributed by atoms with Crippen molar-refractivity contribution >= 4 is 0 Å². The second-order valence-corrected chi connectivity index (χ2v) is 6.68. The minimum absolute atomic E-state index is 0.0408. The predicted molar refractivity (Wildman–Crippen MR) is 81.3 cm³/mol. The van der Waals surface area contributed by atoms with Gasteiger partial charge in [0.05, 0.1) is 18.8 Å². The summed E-state index contributed by atoms with van der Waals surface area (Å²) in [6, 6.07) is 0. The molecule has 132 valence electrons. The SMILES string of the molecule is CC(C)(O)[C@@H]1C=CC=C(CO[C@@H]2O[C@H](CO)[C@@H](O)[C@H](O)[C@H]2O)C1. The molecule has 0 aromatic carbocycles. The van der Waals surface area contributed by atoms with E-state index in [4.69, 9.17) is 14.6 Å². The fourth-order valence-corrected chi connectivity index (χ4v) is 2.73. The number of aliphatic hydroxyl groups is 5. The molecule has 6 atom stereocenters. The zero-order valence-corrected chi connectivity index (χ0v) is 13.4. The van der Waals surface area contributed by atoms with Crippen LogP contribution >= 0.6 is 0 Å². The van der Waals surface area contributed by atoms with Crippen LogP contribution in [0.3, 0.4) is 0 Å². The van der Waals surface area contributed by atoms with E-state index in [0.29, 0.717) is 6.42 Å². The molecular weight excluding hydrogens is 304 g/mol. The first kappa shape index (κ1) is 18.5. The van der Waals surface area contributed by atoms with Crippen LogP contribution in [0.1, 0.15) is 20.3 Å². The molecule has 0 amide bonds. The molecule has 0 saturated carbocycles. The van der Waals surface area contributed by atoms with Crippen molar-refractivity contribution in [2.75, 3.05) is 13.2 Å². The summed E-state index contributed by atoms with van der Waals surface area (Å²) in [4.78, 5) is 0. The van der Waals surface area contributed by atoms with Gasteiger partial charge in [-0.3, -0.25) is 0 Å². The van der Waals surface area contributed by atoms with E-state index >= 15 is 0 Å². The van der Waals surface area contributed by atoms with E-state index in [-0.39, 0.29) is 12.5 Å². The molecule has 1 fully saturated rings. The predicted octanol–water partition coefficient (Wildman–Crippen LogP) is -0.924. The van der Waals surface area contributed by atoms with Gasteiger partial charge in [-0.05, 0) is 25.8 Å². The first-order valence-electron chi connectivity index (χ1n) is 7.74. The van der Waals surface area contributed by atoms with Gasteiger partial charge in [0.25, 0.3) is 0 Å². The molecule has 1 heterocycles. The van der Waals surface area contributed by atoms with Crippen LogP contribution in [-0.2, 0) is 9.47 Å². The Balaban J connectivity index is 1.93. The van der Waals surface area contributed by atoms with Gasteiger partial charge in [-0.2, -0.15) is 0 Å². The van der Waals surface area contributed by atoms with Gasteiger partial charge in [-0.15, -0.1) is 0 Å². The smallest absolute Gasteiger partial charge is 0.187 e. The molecule has 23 heavy (non-hydrogen) atoms. The second kappa shape index (κ2) is 7.40. The fourth-order valence-electron chi connectivity index (χ4n) is 2.73. The van der Waals surface area contributed by atoms with E-state index in [1.165, 1.54) is 0 Å². The minimum Gasteiger partial charge on any atom is -0.394 e. The molecule has 7 nitrogen and oxygen atoms in total. The Labute approximate surface area is 135 Å². The first-order chi connectivity index (χ1) is 10.7. The number of hydrogen-bond donors (Lipinski definition) is 5. The Kier molecular flexibility index (Phi) is 5.96. The zero-order valence-electron chi connectivity index (χ0n) is 13.4. The number of ether oxygens (including phenoxy) is 2. The van der Waals surface area contributed by atoms with Crippen LogP contribution in [0.2, 0.25) is 0 Å². The Bertz CT molecular complexity index is 452. The van der Waals surface area contributed by atoms with Gasteiger partial charge in [-0.25, -0.2) is 0 Å². The van der Waals surface area contributed by atoms with Crippen LogP contribution in [0.5, 0.6) is 0 Å². The van der Waals surface area contributed by atoms with Crippen molar-refractivity contribution in [1.29, 1.82) is 0 Å². The number of hydrogen-bond acceptors (Lipinski definition) is 7. The van der Waals surface area contributed by atoms with Crippen molar-refractivity contribution in [3.05, 3.63) is 23.8 Å². The summed E-state index contributed by atoms with van der Waals surface area (Å²) in [6.07, 6.45) is -0.126. The Hall–Kier alpha value is -0.800. The Morgan fingerprint density at radius 1 is 1.22 bits per heavy atom. The van der Waals surface area contributed by atoms with Crippen molar-refractivity contribution in [2.24, 2.45) is 5.92 Å². The molecule has 7 heteroatoms. The average molecular weight is 330 g/mol. The monoisotopic (exact) mass is 330 g/mol. The maximum Gasteiger partial charge on any atom is 0.187 e. The topological polar surface area (TPSA) is 120 Å². The van der Waals surface area contributed by atoms with E-state index in [1.54, 1.807) is 13.8 Å². The lowest BCUT2D eigenvalue weighted by Gasteiger charge is -2.39. The Morgan fingerprint density at radius 2 is 1.91 bits per heavy atom. The van der Waals surface area contributed by atoms with E-state index in [1.807, 2.05) is 18.2 Å². The fraction of sp³-hybridized carbons (Fsp3) is 0.750. The van der Waals surface area contributed by atoms with Crippen molar-refractivity contribution in [3.63, 3.8) is 0 Å². The van der Waals surface area contributed by atoms with Crippen molar-refractivity contribution in [2.45, 2.75) is 56.6 Å². The molecular formula is C16H26O7. The summed E-state index contributed by atoms with van der Waals surface area (Å²) in [5.74, 6) is -0.0408. The molecule has 0 aromatic heterocycles. The van der Waals surface area contributed by atoms with E-state index in [2.05, 4.69) is 0 Å². The molecule has 1 aliphatic heterocycles. The van der Waals surface area contributed by atoms with Crippen molar-refractivity contribution < 1.29 is 35.0 Å². The zero-order chi connectivity index (χ0) is 17.2. The van der Waals surface area contributed by atoms with E-state index < -0.39 is 42.9 Å². The van der Waals surface area contributed by atoms with Gasteiger partial charge in [0.15, 0.2) is 6.29 Å². The van der Waals surface area contributed by atoms with Crippen molar-refractivity contribution in [3.8, 4) is 0 Å². The van der Waals surface area contributed by atoms with Crippen LogP contribution < -0.4 is 0 Å². The van der Waals surface area contributed by atoms with Crippen molar-refractivity contribution in [1.82, 2.24) is 0 Å². The summed E-state index contributed by atoms with van der Waals surface area (Å²) in [5, 5.41) is 48.6. The highest BCUT2D eigenvalue weighted by Gasteiger charge is 2.44. The van der Waals surface area contributed by atoms with E-state index in [9.17, 15) is 20.4 Å². The van der Waals surface area contributed by atoms with Gasteiger partial charge in [0.1, 0.15) is 24.4 Å². The van der Waals surface area contributed by atoms with Crippen LogP contribution in [0.15, 0.2) is 23.8 Å². The third-order valence-corrected chi connectivity index (χ3v) is 4.35.